The molecule has 5 nitrogen and oxygen atoms in total. The van der Waals surface area contributed by atoms with Gasteiger partial charge in [-0.3, -0.25) is 9.59 Å². The molecule has 0 aliphatic rings. The van der Waals surface area contributed by atoms with Gasteiger partial charge in [-0.05, 0) is 37.5 Å². The van der Waals surface area contributed by atoms with Crippen molar-refractivity contribution in [2.45, 2.75) is 19.4 Å². The summed E-state index contributed by atoms with van der Waals surface area (Å²) in [7, 11) is 0. The van der Waals surface area contributed by atoms with E-state index in [2.05, 4.69) is 15.8 Å². The summed E-state index contributed by atoms with van der Waals surface area (Å²) < 4.78 is 0. The predicted octanol–water partition coefficient (Wildman–Crippen LogP) is 4.42. The molecule has 0 saturated heterocycles. The first-order chi connectivity index (χ1) is 15.6. The van der Waals surface area contributed by atoms with Gasteiger partial charge < -0.3 is 5.32 Å². The average Bonchev–Trinajstić information content (AvgIpc) is 2.83. The summed E-state index contributed by atoms with van der Waals surface area (Å²) in [5.41, 5.74) is 6.65. The molecule has 3 rings (SSSR count). The van der Waals surface area contributed by atoms with Gasteiger partial charge in [0.05, 0.1) is 5.71 Å². The van der Waals surface area contributed by atoms with Crippen molar-refractivity contribution in [3.05, 3.63) is 107 Å². The third kappa shape index (κ3) is 6.56. The summed E-state index contributed by atoms with van der Waals surface area (Å²) in [6, 6.07) is 26.0. The Balaban J connectivity index is 1.80. The minimum Gasteiger partial charge on any atom is -0.340 e. The van der Waals surface area contributed by atoms with Crippen molar-refractivity contribution in [1.82, 2.24) is 10.7 Å². The largest absolute Gasteiger partial charge is 0.340 e. The number of carbonyl (C=O) groups is 2. The lowest BCUT2D eigenvalue weighted by molar-refractivity contribution is -0.123. The summed E-state index contributed by atoms with van der Waals surface area (Å²) in [5.74, 6) is 0.120. The van der Waals surface area contributed by atoms with E-state index in [1.165, 1.54) is 0 Å². The number of hydrogen-bond acceptors (Lipinski definition) is 4. The Hall–Kier alpha value is -3.38. The van der Waals surface area contributed by atoms with Crippen LogP contribution in [0.15, 0.2) is 90.0 Å². The van der Waals surface area contributed by atoms with Gasteiger partial charge in [0.15, 0.2) is 0 Å². The highest BCUT2D eigenvalue weighted by Gasteiger charge is 2.21. The highest BCUT2D eigenvalue weighted by Crippen LogP contribution is 2.11. The van der Waals surface area contributed by atoms with Crippen LogP contribution in [0.25, 0.3) is 0 Å². The zero-order valence-electron chi connectivity index (χ0n) is 18.2. The zero-order chi connectivity index (χ0) is 22.8. The van der Waals surface area contributed by atoms with Crippen molar-refractivity contribution in [3.63, 3.8) is 0 Å². The van der Waals surface area contributed by atoms with Gasteiger partial charge in [-0.2, -0.15) is 16.9 Å². The molecule has 2 N–H and O–H groups in total. The monoisotopic (exact) mass is 445 g/mol. The molecule has 3 aromatic rings. The van der Waals surface area contributed by atoms with Crippen LogP contribution in [-0.4, -0.2) is 35.6 Å². The first-order valence-corrected chi connectivity index (χ1v) is 11.8. The number of hydrazone groups is 1. The Morgan fingerprint density at radius 2 is 1.47 bits per heavy atom. The van der Waals surface area contributed by atoms with Crippen molar-refractivity contribution >= 4 is 29.3 Å². The highest BCUT2D eigenvalue weighted by atomic mass is 32.2. The van der Waals surface area contributed by atoms with Gasteiger partial charge in [0.25, 0.3) is 11.8 Å². The standard InChI is InChI=1S/C26H27N3O2S/c1-19-10-9-15-22(18-19)25(30)27-23(16-17-32-2)26(31)29-28-24(20-11-5-3-6-12-20)21-13-7-4-8-14-21/h3-15,18,23H,16-17H2,1-2H3,(H,27,30)(H,29,31). The summed E-state index contributed by atoms with van der Waals surface area (Å²) in [6.07, 6.45) is 2.48. The highest BCUT2D eigenvalue weighted by molar-refractivity contribution is 7.98. The Bertz CT molecular complexity index is 1030. The number of thioether (sulfide) groups is 1. The van der Waals surface area contributed by atoms with Gasteiger partial charge in [0, 0.05) is 16.7 Å². The maximum absolute atomic E-state index is 13.0. The molecule has 0 heterocycles. The Morgan fingerprint density at radius 3 is 2.03 bits per heavy atom. The smallest absolute Gasteiger partial charge is 0.262 e. The van der Waals surface area contributed by atoms with Crippen molar-refractivity contribution in [3.8, 4) is 0 Å². The molecule has 1 atom stereocenters. The van der Waals surface area contributed by atoms with E-state index in [0.29, 0.717) is 17.7 Å². The van der Waals surface area contributed by atoms with Gasteiger partial charge in [-0.25, -0.2) is 5.43 Å². The average molecular weight is 446 g/mol. The summed E-state index contributed by atoms with van der Waals surface area (Å²) in [5, 5.41) is 7.31. The fraction of sp³-hybridized carbons (Fsp3) is 0.192. The molecule has 0 aromatic heterocycles. The third-order valence-corrected chi connectivity index (χ3v) is 5.53. The van der Waals surface area contributed by atoms with Crippen LogP contribution in [0.5, 0.6) is 0 Å². The molecule has 6 heteroatoms. The van der Waals surface area contributed by atoms with Gasteiger partial charge in [0.1, 0.15) is 6.04 Å². The lowest BCUT2D eigenvalue weighted by Crippen LogP contribution is -2.46. The van der Waals surface area contributed by atoms with Crippen LogP contribution >= 0.6 is 11.8 Å². The quantitative estimate of drug-likeness (QED) is 0.378. The minimum absolute atomic E-state index is 0.273. The number of nitrogens with one attached hydrogen (secondary N) is 2. The molecule has 164 valence electrons. The first-order valence-electron chi connectivity index (χ1n) is 10.4. The molecule has 0 bridgehead atoms. The molecule has 32 heavy (non-hydrogen) atoms. The molecule has 1 unspecified atom stereocenters. The predicted molar refractivity (Wildman–Crippen MR) is 132 cm³/mol. The zero-order valence-corrected chi connectivity index (χ0v) is 19.1. The number of hydrogen-bond donors (Lipinski definition) is 2. The molecule has 0 fully saturated rings. The maximum Gasteiger partial charge on any atom is 0.262 e. The van der Waals surface area contributed by atoms with E-state index in [0.717, 1.165) is 22.4 Å². The van der Waals surface area contributed by atoms with Crippen LogP contribution in [-0.2, 0) is 4.79 Å². The number of benzene rings is 3. The number of carbonyl (C=O) groups excluding carboxylic acids is 2. The fourth-order valence-corrected chi connectivity index (χ4v) is 3.68. The van der Waals surface area contributed by atoms with Crippen LogP contribution in [0.3, 0.4) is 0 Å². The van der Waals surface area contributed by atoms with Gasteiger partial charge >= 0.3 is 0 Å². The molecular formula is C26H27N3O2S. The van der Waals surface area contributed by atoms with Crippen LogP contribution in [0.1, 0.15) is 33.5 Å². The number of amides is 2. The Morgan fingerprint density at radius 1 is 0.875 bits per heavy atom. The molecular weight excluding hydrogens is 418 g/mol. The molecule has 0 spiro atoms. The van der Waals surface area contributed by atoms with E-state index in [-0.39, 0.29) is 11.8 Å². The summed E-state index contributed by atoms with van der Waals surface area (Å²) in [6.45, 7) is 1.93. The van der Waals surface area contributed by atoms with E-state index in [1.807, 2.05) is 86.0 Å². The lowest BCUT2D eigenvalue weighted by atomic mass is 10.0. The molecule has 2 amide bonds. The van der Waals surface area contributed by atoms with E-state index < -0.39 is 6.04 Å². The van der Waals surface area contributed by atoms with Crippen molar-refractivity contribution < 1.29 is 9.59 Å². The maximum atomic E-state index is 13.0. The summed E-state index contributed by atoms with van der Waals surface area (Å²) >= 11 is 1.62. The number of aryl methyl sites for hydroxylation is 1. The second kappa shape index (κ2) is 11.9. The van der Waals surface area contributed by atoms with Crippen LogP contribution < -0.4 is 10.7 Å². The van der Waals surface area contributed by atoms with Crippen molar-refractivity contribution in [2.24, 2.45) is 5.10 Å². The SMILES string of the molecule is CSCCC(NC(=O)c1cccc(C)c1)C(=O)NN=C(c1ccccc1)c1ccccc1. The van der Waals surface area contributed by atoms with E-state index in [9.17, 15) is 9.59 Å². The number of rotatable bonds is 9. The Labute approximate surface area is 193 Å². The number of nitrogens with zero attached hydrogens (tertiary/aromatic N) is 1. The van der Waals surface area contributed by atoms with Crippen LogP contribution in [0.2, 0.25) is 0 Å². The second-order valence-electron chi connectivity index (χ2n) is 7.35. The third-order valence-electron chi connectivity index (χ3n) is 4.89. The molecule has 3 aromatic carbocycles. The van der Waals surface area contributed by atoms with Crippen LogP contribution in [0.4, 0.5) is 0 Å². The second-order valence-corrected chi connectivity index (χ2v) is 8.33. The Kier molecular flexibility index (Phi) is 8.63. The van der Waals surface area contributed by atoms with Crippen molar-refractivity contribution in [2.75, 3.05) is 12.0 Å². The van der Waals surface area contributed by atoms with Gasteiger partial charge in [-0.15, -0.1) is 0 Å². The molecule has 0 radical (unpaired) electrons. The molecule has 0 aliphatic carbocycles. The van der Waals surface area contributed by atoms with E-state index in [1.54, 1.807) is 23.9 Å². The minimum atomic E-state index is -0.688. The van der Waals surface area contributed by atoms with Gasteiger partial charge in [-0.1, -0.05) is 78.4 Å². The molecule has 0 aliphatic heterocycles. The van der Waals surface area contributed by atoms with Crippen LogP contribution in [0, 0.1) is 6.92 Å². The first kappa shape index (κ1) is 23.3. The topological polar surface area (TPSA) is 70.6 Å². The summed E-state index contributed by atoms with van der Waals surface area (Å²) in [4.78, 5) is 25.7. The van der Waals surface area contributed by atoms with E-state index >= 15 is 0 Å². The van der Waals surface area contributed by atoms with E-state index in [4.69, 9.17) is 0 Å². The fourth-order valence-electron chi connectivity index (χ4n) is 3.21. The van der Waals surface area contributed by atoms with Gasteiger partial charge in [0.2, 0.25) is 0 Å². The van der Waals surface area contributed by atoms with Crippen molar-refractivity contribution in [1.29, 1.82) is 0 Å². The molecule has 0 saturated carbocycles. The lowest BCUT2D eigenvalue weighted by Gasteiger charge is -2.17. The normalized spacial score (nSPS) is 11.3.